The quantitative estimate of drug-likeness (QED) is 0.359. The van der Waals surface area contributed by atoms with Crippen molar-refractivity contribution in [3.05, 3.63) is 65.2 Å². The lowest BCUT2D eigenvalue weighted by Crippen LogP contribution is -2.47. The van der Waals surface area contributed by atoms with Gasteiger partial charge >= 0.3 is 24.1 Å². The number of nitrogens with zero attached hydrogens (tertiary/aromatic N) is 2. The molecule has 2 aliphatic rings. The van der Waals surface area contributed by atoms with Gasteiger partial charge in [0.15, 0.2) is 0 Å². The van der Waals surface area contributed by atoms with Gasteiger partial charge in [-0.3, -0.25) is 4.79 Å². The highest BCUT2D eigenvalue weighted by Crippen LogP contribution is 2.35. The molecule has 2 atom stereocenters. The zero-order valence-corrected chi connectivity index (χ0v) is 29.1. The van der Waals surface area contributed by atoms with Gasteiger partial charge in [-0.25, -0.2) is 14.4 Å². The minimum absolute atomic E-state index is 0.0246. The first kappa shape index (κ1) is 37.7. The predicted molar refractivity (Wildman–Crippen MR) is 179 cm³/mol. The summed E-state index contributed by atoms with van der Waals surface area (Å²) in [6.45, 7) is 11.8. The summed E-state index contributed by atoms with van der Waals surface area (Å²) in [5, 5.41) is 19.2. The van der Waals surface area contributed by atoms with Crippen molar-refractivity contribution in [1.29, 1.82) is 0 Å². The normalized spacial score (nSPS) is 18.2. The molecule has 0 aliphatic carbocycles. The molecule has 2 aromatic carbocycles. The van der Waals surface area contributed by atoms with Crippen LogP contribution in [0.4, 0.5) is 9.59 Å². The standard InChI is InChI=1S/C18H25NO5.C18H23NO5/c2*1-18(2,3)24-17(22)19-9-8-14(15(11-19)16(20)21)12-6-5-7-13(10-12)23-4/h5-7,10,14-15H,8-9,11H2,1-4H3,(H,20,21);5-7,10H,8-9,11H2,1-4H3,(H,20,21)/t14-,15-;/m0./s1. The highest BCUT2D eigenvalue weighted by molar-refractivity contribution is 5.98. The molecule has 0 spiro atoms. The van der Waals surface area contributed by atoms with Crippen LogP contribution in [0.5, 0.6) is 11.5 Å². The van der Waals surface area contributed by atoms with Crippen molar-refractivity contribution in [3.8, 4) is 11.5 Å². The van der Waals surface area contributed by atoms with Crippen LogP contribution in [0.25, 0.3) is 5.57 Å². The molecular weight excluding hydrogens is 620 g/mol. The topological polar surface area (TPSA) is 152 Å². The van der Waals surface area contributed by atoms with Crippen LogP contribution < -0.4 is 9.47 Å². The largest absolute Gasteiger partial charge is 0.497 e. The van der Waals surface area contributed by atoms with Crippen molar-refractivity contribution in [1.82, 2.24) is 9.80 Å². The van der Waals surface area contributed by atoms with Gasteiger partial charge < -0.3 is 39.0 Å². The van der Waals surface area contributed by atoms with E-state index in [1.807, 2.05) is 36.4 Å². The number of ether oxygens (including phenoxy) is 4. The Balaban J connectivity index is 0.000000260. The molecule has 2 amide bonds. The van der Waals surface area contributed by atoms with Crippen LogP contribution in [-0.4, -0.2) is 95.7 Å². The van der Waals surface area contributed by atoms with Crippen LogP contribution in [0, 0.1) is 5.92 Å². The van der Waals surface area contributed by atoms with Gasteiger partial charge in [0.05, 0.1) is 32.3 Å². The molecule has 48 heavy (non-hydrogen) atoms. The molecule has 4 rings (SSSR count). The van der Waals surface area contributed by atoms with E-state index in [-0.39, 0.29) is 24.6 Å². The molecule has 2 N–H and O–H groups in total. The fourth-order valence-electron chi connectivity index (χ4n) is 5.54. The molecule has 2 aliphatic heterocycles. The molecule has 0 bridgehead atoms. The summed E-state index contributed by atoms with van der Waals surface area (Å²) in [7, 11) is 3.15. The number of carboxylic acids is 2. The lowest BCUT2D eigenvalue weighted by Gasteiger charge is -2.37. The predicted octanol–water partition coefficient (Wildman–Crippen LogP) is 6.29. The second kappa shape index (κ2) is 15.9. The molecule has 1 saturated heterocycles. The number of carboxylic acid groups (broad SMARTS) is 2. The number of benzene rings is 2. The molecule has 0 unspecified atom stereocenters. The zero-order chi connectivity index (χ0) is 35.8. The average Bonchev–Trinajstić information content (AvgIpc) is 3.02. The Morgan fingerprint density at radius 1 is 0.771 bits per heavy atom. The first-order chi connectivity index (χ1) is 22.4. The van der Waals surface area contributed by atoms with E-state index < -0.39 is 41.2 Å². The Hall–Kier alpha value is -4.74. The summed E-state index contributed by atoms with van der Waals surface area (Å²) >= 11 is 0. The van der Waals surface area contributed by atoms with E-state index in [9.17, 15) is 29.4 Å². The molecule has 0 saturated carbocycles. The van der Waals surface area contributed by atoms with E-state index >= 15 is 0 Å². The van der Waals surface area contributed by atoms with Crippen LogP contribution in [0.3, 0.4) is 0 Å². The van der Waals surface area contributed by atoms with Crippen LogP contribution in [0.2, 0.25) is 0 Å². The third kappa shape index (κ3) is 10.6. The average molecular weight is 669 g/mol. The Morgan fingerprint density at radius 2 is 1.33 bits per heavy atom. The molecule has 262 valence electrons. The Labute approximate surface area is 282 Å². The van der Waals surface area contributed by atoms with Gasteiger partial charge in [-0.1, -0.05) is 24.3 Å². The zero-order valence-electron chi connectivity index (χ0n) is 29.1. The van der Waals surface area contributed by atoms with Crippen molar-refractivity contribution in [3.63, 3.8) is 0 Å². The first-order valence-electron chi connectivity index (χ1n) is 15.8. The maximum atomic E-state index is 12.2. The number of carbonyl (C=O) groups is 4. The number of aliphatic carboxylic acids is 2. The number of rotatable bonds is 6. The molecule has 1 fully saturated rings. The van der Waals surface area contributed by atoms with E-state index in [1.54, 1.807) is 67.9 Å². The summed E-state index contributed by atoms with van der Waals surface area (Å²) in [6.07, 6.45) is 0.0704. The summed E-state index contributed by atoms with van der Waals surface area (Å²) < 4.78 is 21.1. The van der Waals surface area contributed by atoms with E-state index in [0.29, 0.717) is 37.4 Å². The summed E-state index contributed by atoms with van der Waals surface area (Å²) in [6, 6.07) is 14.7. The lowest BCUT2D eigenvalue weighted by atomic mass is 9.80. The van der Waals surface area contributed by atoms with E-state index in [2.05, 4.69) is 0 Å². The SMILES string of the molecule is COc1cccc(C2=C(C(=O)O)CN(C(=O)OC(C)(C)C)CC2)c1.COc1cccc([C@@H]2CCN(C(=O)OC(C)(C)C)C[C@@H]2C(=O)O)c1. The molecule has 2 heterocycles. The number of amides is 2. The summed E-state index contributed by atoms with van der Waals surface area (Å²) in [5.74, 6) is -1.39. The number of hydrogen-bond acceptors (Lipinski definition) is 8. The number of hydrogen-bond donors (Lipinski definition) is 2. The third-order valence-corrected chi connectivity index (χ3v) is 7.78. The van der Waals surface area contributed by atoms with Crippen LogP contribution in [-0.2, 0) is 19.1 Å². The van der Waals surface area contributed by atoms with Crippen LogP contribution in [0.15, 0.2) is 54.1 Å². The second-order valence-electron chi connectivity index (χ2n) is 13.7. The third-order valence-electron chi connectivity index (χ3n) is 7.78. The Kier molecular flexibility index (Phi) is 12.5. The van der Waals surface area contributed by atoms with Gasteiger partial charge in [0, 0.05) is 25.6 Å². The van der Waals surface area contributed by atoms with Gasteiger partial charge in [-0.15, -0.1) is 0 Å². The highest BCUT2D eigenvalue weighted by atomic mass is 16.6. The smallest absolute Gasteiger partial charge is 0.410 e. The number of piperidine rings is 1. The van der Waals surface area contributed by atoms with Crippen molar-refractivity contribution >= 4 is 29.7 Å². The monoisotopic (exact) mass is 668 g/mol. The molecule has 12 heteroatoms. The van der Waals surface area contributed by atoms with Crippen molar-refractivity contribution in [2.75, 3.05) is 40.4 Å². The minimum Gasteiger partial charge on any atom is -0.497 e. The summed E-state index contributed by atoms with van der Waals surface area (Å²) in [4.78, 5) is 50.7. The molecular formula is C36H48N2O10. The van der Waals surface area contributed by atoms with Gasteiger partial charge in [0.2, 0.25) is 0 Å². The number of methoxy groups -OCH3 is 2. The minimum atomic E-state index is -1.03. The number of carbonyl (C=O) groups excluding carboxylic acids is 2. The Bertz CT molecular complexity index is 1500. The van der Waals surface area contributed by atoms with E-state index in [0.717, 1.165) is 16.7 Å². The van der Waals surface area contributed by atoms with Crippen molar-refractivity contribution in [2.24, 2.45) is 5.92 Å². The maximum absolute atomic E-state index is 12.2. The van der Waals surface area contributed by atoms with Crippen LogP contribution in [0.1, 0.15) is 71.4 Å². The molecule has 2 aromatic rings. The van der Waals surface area contributed by atoms with Gasteiger partial charge in [-0.2, -0.15) is 0 Å². The van der Waals surface area contributed by atoms with E-state index in [4.69, 9.17) is 18.9 Å². The molecule has 12 nitrogen and oxygen atoms in total. The van der Waals surface area contributed by atoms with Crippen LogP contribution >= 0.6 is 0 Å². The maximum Gasteiger partial charge on any atom is 0.410 e. The molecule has 0 radical (unpaired) electrons. The highest BCUT2D eigenvalue weighted by Gasteiger charge is 2.38. The van der Waals surface area contributed by atoms with Gasteiger partial charge in [-0.05, 0) is 95.3 Å². The van der Waals surface area contributed by atoms with Gasteiger partial charge in [0.1, 0.15) is 22.7 Å². The molecule has 0 aromatic heterocycles. The lowest BCUT2D eigenvalue weighted by molar-refractivity contribution is -0.144. The summed E-state index contributed by atoms with van der Waals surface area (Å²) in [5.41, 5.74) is 1.44. The Morgan fingerprint density at radius 3 is 1.88 bits per heavy atom. The first-order valence-corrected chi connectivity index (χ1v) is 15.8. The van der Waals surface area contributed by atoms with Crippen molar-refractivity contribution in [2.45, 2.75) is 71.5 Å². The van der Waals surface area contributed by atoms with Crippen molar-refractivity contribution < 1.29 is 48.3 Å². The van der Waals surface area contributed by atoms with E-state index in [1.165, 1.54) is 9.80 Å². The second-order valence-corrected chi connectivity index (χ2v) is 13.7. The fourth-order valence-corrected chi connectivity index (χ4v) is 5.54. The van der Waals surface area contributed by atoms with Gasteiger partial charge in [0.25, 0.3) is 0 Å². The number of likely N-dealkylation sites (tertiary alicyclic amines) is 1. The fraction of sp³-hybridized carbons (Fsp3) is 0.500.